The van der Waals surface area contributed by atoms with Crippen LogP contribution in [0, 0.1) is 5.82 Å². The van der Waals surface area contributed by atoms with Crippen molar-refractivity contribution in [2.75, 3.05) is 0 Å². The van der Waals surface area contributed by atoms with E-state index in [-0.39, 0.29) is 11.3 Å². The third-order valence-corrected chi connectivity index (χ3v) is 3.66. The Morgan fingerprint density at radius 3 is 2.67 bits per heavy atom. The van der Waals surface area contributed by atoms with E-state index in [4.69, 9.17) is 11.6 Å². The van der Waals surface area contributed by atoms with E-state index in [0.717, 1.165) is 0 Å². The number of carbonyl (C=O) groups excluding carboxylic acids is 1. The highest BCUT2D eigenvalue weighted by Crippen LogP contribution is 2.27. The normalized spacial score (nSPS) is 11.0. The van der Waals surface area contributed by atoms with Crippen LogP contribution >= 0.6 is 11.6 Å². The summed E-state index contributed by atoms with van der Waals surface area (Å²) in [5.74, 6) is -0.686. The Morgan fingerprint density at radius 1 is 1.29 bits per heavy atom. The molecule has 3 rings (SSSR count). The van der Waals surface area contributed by atoms with Crippen molar-refractivity contribution in [1.82, 2.24) is 14.8 Å². The quantitative estimate of drug-likeness (QED) is 0.696. The number of rotatable bonds is 3. The van der Waals surface area contributed by atoms with Crippen LogP contribution in [0.3, 0.4) is 0 Å². The number of hydrogen-bond acceptors (Lipinski definition) is 3. The molecule has 3 aromatic rings. The molecule has 0 unspecified atom stereocenters. The first kappa shape index (κ1) is 13.7. The first-order chi connectivity index (χ1) is 10.1. The van der Waals surface area contributed by atoms with Gasteiger partial charge in [-0.15, -0.1) is 0 Å². The van der Waals surface area contributed by atoms with Gasteiger partial charge in [-0.3, -0.25) is 4.79 Å². The molecule has 2 aromatic heterocycles. The summed E-state index contributed by atoms with van der Waals surface area (Å²) in [7, 11) is 0. The maximum atomic E-state index is 12.9. The van der Waals surface area contributed by atoms with Gasteiger partial charge in [-0.05, 0) is 31.2 Å². The Bertz CT molecular complexity index is 827. The largest absolute Gasteiger partial charge is 0.288 e. The fraction of sp³-hybridized carbons (Fsp3) is 0.133. The van der Waals surface area contributed by atoms with Crippen LogP contribution in [0.25, 0.3) is 11.0 Å². The van der Waals surface area contributed by atoms with E-state index in [0.29, 0.717) is 28.2 Å². The molecule has 0 bridgehead atoms. The zero-order chi connectivity index (χ0) is 15.0. The van der Waals surface area contributed by atoms with Crippen LogP contribution in [-0.4, -0.2) is 20.5 Å². The van der Waals surface area contributed by atoms with Gasteiger partial charge in [0.1, 0.15) is 5.82 Å². The van der Waals surface area contributed by atoms with Crippen molar-refractivity contribution in [2.24, 2.45) is 0 Å². The minimum Gasteiger partial charge on any atom is -0.288 e. The van der Waals surface area contributed by atoms with Crippen LogP contribution in [0.5, 0.6) is 0 Å². The first-order valence-electron chi connectivity index (χ1n) is 6.42. The summed E-state index contributed by atoms with van der Waals surface area (Å²) in [5, 5.41) is 5.11. The molecule has 4 nitrogen and oxygen atoms in total. The Kier molecular flexibility index (Phi) is 3.43. The maximum absolute atomic E-state index is 12.9. The molecule has 0 saturated heterocycles. The predicted octanol–water partition coefficient (Wildman–Crippen LogP) is 3.47. The monoisotopic (exact) mass is 303 g/mol. The van der Waals surface area contributed by atoms with Crippen LogP contribution in [-0.2, 0) is 6.54 Å². The molecule has 6 heteroatoms. The van der Waals surface area contributed by atoms with Gasteiger partial charge in [0.15, 0.2) is 11.4 Å². The van der Waals surface area contributed by atoms with Gasteiger partial charge in [0.2, 0.25) is 0 Å². The Morgan fingerprint density at radius 2 is 2.00 bits per heavy atom. The van der Waals surface area contributed by atoms with Gasteiger partial charge >= 0.3 is 0 Å². The van der Waals surface area contributed by atoms with Crippen molar-refractivity contribution in [1.29, 1.82) is 0 Å². The van der Waals surface area contributed by atoms with E-state index in [1.165, 1.54) is 30.5 Å². The highest BCUT2D eigenvalue weighted by atomic mass is 35.5. The van der Waals surface area contributed by atoms with Crippen LogP contribution in [0.2, 0.25) is 5.02 Å². The fourth-order valence-corrected chi connectivity index (χ4v) is 2.41. The van der Waals surface area contributed by atoms with Gasteiger partial charge in [-0.2, -0.15) is 5.10 Å². The summed E-state index contributed by atoms with van der Waals surface area (Å²) in [5.41, 5.74) is 1.28. The smallest absolute Gasteiger partial charge is 0.196 e. The molecule has 0 N–H and O–H groups in total. The summed E-state index contributed by atoms with van der Waals surface area (Å²) in [6.07, 6.45) is 3.03. The molecule has 2 heterocycles. The first-order valence-corrected chi connectivity index (χ1v) is 6.80. The average Bonchev–Trinajstić information content (AvgIpc) is 2.92. The summed E-state index contributed by atoms with van der Waals surface area (Å²) in [4.78, 5) is 16.7. The lowest BCUT2D eigenvalue weighted by Gasteiger charge is -2.05. The van der Waals surface area contributed by atoms with Crippen molar-refractivity contribution < 1.29 is 9.18 Å². The SMILES string of the molecule is CCn1ncc2c(Cl)c(C(=O)c3ccc(F)cc3)cnc21. The number of benzene rings is 1. The topological polar surface area (TPSA) is 47.8 Å². The van der Waals surface area contributed by atoms with Gasteiger partial charge in [-0.25, -0.2) is 14.1 Å². The van der Waals surface area contributed by atoms with E-state index in [9.17, 15) is 9.18 Å². The number of nitrogens with zero attached hydrogens (tertiary/aromatic N) is 3. The Hall–Kier alpha value is -2.27. The number of ketones is 1. The molecule has 0 saturated carbocycles. The highest BCUT2D eigenvalue weighted by Gasteiger charge is 2.17. The number of aromatic nitrogens is 3. The summed E-state index contributed by atoms with van der Waals surface area (Å²) in [6.45, 7) is 2.61. The second-order valence-electron chi connectivity index (χ2n) is 4.52. The van der Waals surface area contributed by atoms with Gasteiger partial charge in [0.05, 0.1) is 22.2 Å². The van der Waals surface area contributed by atoms with E-state index in [2.05, 4.69) is 10.1 Å². The van der Waals surface area contributed by atoms with Crippen LogP contribution in [0.4, 0.5) is 4.39 Å². The molecular formula is C15H11ClFN3O. The number of carbonyl (C=O) groups is 1. The minimum absolute atomic E-state index is 0.284. The molecule has 106 valence electrons. The number of halogens is 2. The van der Waals surface area contributed by atoms with E-state index >= 15 is 0 Å². The van der Waals surface area contributed by atoms with Gasteiger partial charge in [-0.1, -0.05) is 11.6 Å². The van der Waals surface area contributed by atoms with Crippen LogP contribution in [0.15, 0.2) is 36.7 Å². The number of hydrogen-bond donors (Lipinski definition) is 0. The molecule has 0 amide bonds. The molecule has 21 heavy (non-hydrogen) atoms. The molecule has 0 atom stereocenters. The van der Waals surface area contributed by atoms with Crippen molar-refractivity contribution >= 4 is 28.4 Å². The molecule has 0 fully saturated rings. The summed E-state index contributed by atoms with van der Waals surface area (Å²) in [6, 6.07) is 5.33. The van der Waals surface area contributed by atoms with Gasteiger partial charge < -0.3 is 0 Å². The van der Waals surface area contributed by atoms with Crippen molar-refractivity contribution in [3.05, 3.63) is 58.6 Å². The predicted molar refractivity (Wildman–Crippen MR) is 78.0 cm³/mol. The third-order valence-electron chi connectivity index (χ3n) is 3.25. The molecule has 0 spiro atoms. The standard InChI is InChI=1S/C15H11ClFN3O/c1-2-20-15-12(8-19-20)13(16)11(7-18-15)14(21)9-3-5-10(17)6-4-9/h3-8H,2H2,1H3. The lowest BCUT2D eigenvalue weighted by molar-refractivity contribution is 0.103. The maximum Gasteiger partial charge on any atom is 0.196 e. The van der Waals surface area contributed by atoms with Crippen LogP contribution in [0.1, 0.15) is 22.8 Å². The average molecular weight is 304 g/mol. The van der Waals surface area contributed by atoms with E-state index < -0.39 is 5.82 Å². The second-order valence-corrected chi connectivity index (χ2v) is 4.90. The lowest BCUT2D eigenvalue weighted by Crippen LogP contribution is -2.04. The second kappa shape index (κ2) is 5.26. The minimum atomic E-state index is -0.393. The van der Waals surface area contributed by atoms with E-state index in [1.54, 1.807) is 10.9 Å². The lowest BCUT2D eigenvalue weighted by atomic mass is 10.0. The molecular weight excluding hydrogens is 293 g/mol. The van der Waals surface area contributed by atoms with Crippen LogP contribution < -0.4 is 0 Å². The highest BCUT2D eigenvalue weighted by molar-refractivity contribution is 6.39. The number of aryl methyl sites for hydroxylation is 1. The van der Waals surface area contributed by atoms with Gasteiger partial charge in [0, 0.05) is 18.3 Å². The molecule has 0 aliphatic heterocycles. The van der Waals surface area contributed by atoms with Crippen molar-refractivity contribution in [3.63, 3.8) is 0 Å². The van der Waals surface area contributed by atoms with Crippen molar-refractivity contribution in [2.45, 2.75) is 13.5 Å². The zero-order valence-electron chi connectivity index (χ0n) is 11.2. The third kappa shape index (κ3) is 2.29. The number of fused-ring (bicyclic) bond motifs is 1. The molecule has 0 aliphatic rings. The molecule has 0 aliphatic carbocycles. The summed E-state index contributed by atoms with van der Waals surface area (Å²) >= 11 is 6.30. The Balaban J connectivity index is 2.10. The fourth-order valence-electron chi connectivity index (χ4n) is 2.14. The zero-order valence-corrected chi connectivity index (χ0v) is 11.9. The van der Waals surface area contributed by atoms with Gasteiger partial charge in [0.25, 0.3) is 0 Å². The number of pyridine rings is 1. The molecule has 1 aromatic carbocycles. The van der Waals surface area contributed by atoms with Crippen molar-refractivity contribution in [3.8, 4) is 0 Å². The summed E-state index contributed by atoms with van der Waals surface area (Å²) < 4.78 is 14.6. The van der Waals surface area contributed by atoms with E-state index in [1.807, 2.05) is 6.92 Å². The Labute approximate surface area is 125 Å². The molecule has 0 radical (unpaired) electrons.